The summed E-state index contributed by atoms with van der Waals surface area (Å²) in [6.07, 6.45) is -1.74. The van der Waals surface area contributed by atoms with Gasteiger partial charge in [0.2, 0.25) is 6.29 Å². The van der Waals surface area contributed by atoms with Crippen LogP contribution in [0.5, 0.6) is 0 Å². The minimum absolute atomic E-state index is 0.0324. The Morgan fingerprint density at radius 1 is 1.25 bits per heavy atom. The third kappa shape index (κ3) is 3.80. The topological polar surface area (TPSA) is 85.4 Å². The molecule has 0 N–H and O–H groups in total. The monoisotopic (exact) mass is 356 g/mol. The average Bonchev–Trinajstić information content (AvgIpc) is 2.95. The van der Waals surface area contributed by atoms with E-state index in [-0.39, 0.29) is 12.3 Å². The Bertz CT molecular complexity index is 702. The molecule has 0 saturated carbocycles. The zero-order chi connectivity index (χ0) is 17.2. The van der Waals surface area contributed by atoms with Crippen LogP contribution in [0.2, 0.25) is 0 Å². The van der Waals surface area contributed by atoms with Crippen molar-refractivity contribution >= 4 is 27.6 Å². The van der Waals surface area contributed by atoms with Crippen molar-refractivity contribution in [3.8, 4) is 0 Å². The van der Waals surface area contributed by atoms with Gasteiger partial charge in [-0.3, -0.25) is 4.90 Å². The standard InChI is InChI=1S/C15H20N2O6S/c1-2-24(19,20)23-14-11-17(15(18)22-14)13-5-3-4-12(10-13)16-6-8-21-9-7-16/h3-5,10,14H,2,6-9,11H2,1H3/t14-/m1/s1. The number of nitrogens with zero attached hydrogens (tertiary/aromatic N) is 2. The van der Waals surface area contributed by atoms with Crippen molar-refractivity contribution < 1.29 is 26.9 Å². The lowest BCUT2D eigenvalue weighted by Crippen LogP contribution is -2.36. The maximum absolute atomic E-state index is 12.0. The molecular formula is C15H20N2O6S. The van der Waals surface area contributed by atoms with Crippen molar-refractivity contribution in [1.82, 2.24) is 0 Å². The fraction of sp³-hybridized carbons (Fsp3) is 0.533. The van der Waals surface area contributed by atoms with Crippen LogP contribution in [0.1, 0.15) is 6.92 Å². The molecule has 1 aromatic rings. The summed E-state index contributed by atoms with van der Waals surface area (Å²) < 4.78 is 38.3. The fourth-order valence-corrected chi connectivity index (χ4v) is 3.17. The average molecular weight is 356 g/mol. The number of rotatable bonds is 5. The van der Waals surface area contributed by atoms with Crippen LogP contribution >= 0.6 is 0 Å². The number of carbonyl (C=O) groups excluding carboxylic acids is 1. The molecule has 0 radical (unpaired) electrons. The van der Waals surface area contributed by atoms with Gasteiger partial charge in [0, 0.05) is 24.5 Å². The summed E-state index contributed by atoms with van der Waals surface area (Å²) in [6, 6.07) is 7.47. The van der Waals surface area contributed by atoms with Crippen molar-refractivity contribution in [3.05, 3.63) is 24.3 Å². The Morgan fingerprint density at radius 2 is 1.96 bits per heavy atom. The van der Waals surface area contributed by atoms with E-state index >= 15 is 0 Å². The number of carbonyl (C=O) groups is 1. The molecule has 1 aromatic carbocycles. The largest absolute Gasteiger partial charge is 0.416 e. The molecular weight excluding hydrogens is 336 g/mol. The van der Waals surface area contributed by atoms with E-state index in [9.17, 15) is 13.2 Å². The lowest BCUT2D eigenvalue weighted by atomic mass is 10.2. The van der Waals surface area contributed by atoms with Gasteiger partial charge in [-0.05, 0) is 25.1 Å². The van der Waals surface area contributed by atoms with Crippen LogP contribution in [0.15, 0.2) is 24.3 Å². The number of cyclic esters (lactones) is 1. The second-order valence-electron chi connectivity index (χ2n) is 5.49. The van der Waals surface area contributed by atoms with Gasteiger partial charge >= 0.3 is 6.09 Å². The lowest BCUT2D eigenvalue weighted by Gasteiger charge is -2.29. The van der Waals surface area contributed by atoms with Gasteiger partial charge in [0.25, 0.3) is 10.1 Å². The van der Waals surface area contributed by atoms with E-state index in [1.807, 2.05) is 18.2 Å². The van der Waals surface area contributed by atoms with Gasteiger partial charge in [-0.15, -0.1) is 0 Å². The van der Waals surface area contributed by atoms with Crippen molar-refractivity contribution in [2.75, 3.05) is 48.4 Å². The van der Waals surface area contributed by atoms with E-state index in [1.54, 1.807) is 6.07 Å². The second-order valence-corrected chi connectivity index (χ2v) is 7.37. The highest BCUT2D eigenvalue weighted by atomic mass is 32.2. The smallest absolute Gasteiger partial charge is 0.416 e. The number of morpholine rings is 1. The molecule has 2 saturated heterocycles. The summed E-state index contributed by atoms with van der Waals surface area (Å²) in [5.74, 6) is -0.173. The summed E-state index contributed by atoms with van der Waals surface area (Å²) in [7, 11) is -3.68. The molecule has 2 aliphatic rings. The van der Waals surface area contributed by atoms with Crippen LogP contribution in [-0.2, 0) is 23.8 Å². The van der Waals surface area contributed by atoms with Gasteiger partial charge < -0.3 is 14.4 Å². The SMILES string of the molecule is CCS(=O)(=O)O[C@@H]1CN(c2cccc(N3CCOCC3)c2)C(=O)O1. The van der Waals surface area contributed by atoms with Gasteiger partial charge in [0.05, 0.1) is 25.5 Å². The van der Waals surface area contributed by atoms with Gasteiger partial charge in [-0.1, -0.05) is 6.07 Å². The lowest BCUT2D eigenvalue weighted by molar-refractivity contribution is 0.0109. The number of benzene rings is 1. The third-order valence-electron chi connectivity index (χ3n) is 3.91. The van der Waals surface area contributed by atoms with E-state index < -0.39 is 22.5 Å². The van der Waals surface area contributed by atoms with E-state index in [1.165, 1.54) is 11.8 Å². The summed E-state index contributed by atoms with van der Waals surface area (Å²) in [5.41, 5.74) is 1.62. The van der Waals surface area contributed by atoms with Gasteiger partial charge in [0.15, 0.2) is 0 Å². The first-order valence-corrected chi connectivity index (χ1v) is 9.38. The van der Waals surface area contributed by atoms with Crippen LogP contribution in [-0.4, -0.2) is 59.4 Å². The quantitative estimate of drug-likeness (QED) is 0.732. The van der Waals surface area contributed by atoms with Gasteiger partial charge in [-0.2, -0.15) is 8.42 Å². The predicted octanol–water partition coefficient (Wildman–Crippen LogP) is 1.17. The zero-order valence-corrected chi connectivity index (χ0v) is 14.2. The first kappa shape index (κ1) is 17.0. The van der Waals surface area contributed by atoms with Crippen molar-refractivity contribution in [3.63, 3.8) is 0 Å². The summed E-state index contributed by atoms with van der Waals surface area (Å²) >= 11 is 0. The first-order valence-electron chi connectivity index (χ1n) is 7.80. The van der Waals surface area contributed by atoms with Gasteiger partial charge in [-0.25, -0.2) is 8.98 Å². The molecule has 24 heavy (non-hydrogen) atoms. The molecule has 2 aliphatic heterocycles. The number of anilines is 2. The summed E-state index contributed by atoms with van der Waals surface area (Å²) in [5, 5.41) is 0. The van der Waals surface area contributed by atoms with E-state index in [0.717, 1.165) is 18.8 Å². The molecule has 3 rings (SSSR count). The molecule has 1 atom stereocenters. The number of hydrogen-bond acceptors (Lipinski definition) is 7. The molecule has 2 heterocycles. The third-order valence-corrected chi connectivity index (χ3v) is 5.12. The molecule has 0 unspecified atom stereocenters. The predicted molar refractivity (Wildman–Crippen MR) is 87.6 cm³/mol. The first-order chi connectivity index (χ1) is 11.5. The van der Waals surface area contributed by atoms with Crippen LogP contribution in [0.25, 0.3) is 0 Å². The molecule has 132 valence electrons. The maximum atomic E-state index is 12.0. The molecule has 1 amide bonds. The van der Waals surface area contributed by atoms with Crippen molar-refractivity contribution in [2.24, 2.45) is 0 Å². The number of ether oxygens (including phenoxy) is 2. The highest BCUT2D eigenvalue weighted by Gasteiger charge is 2.36. The Balaban J connectivity index is 1.73. The van der Waals surface area contributed by atoms with E-state index in [0.29, 0.717) is 18.9 Å². The Morgan fingerprint density at radius 3 is 2.67 bits per heavy atom. The van der Waals surface area contributed by atoms with E-state index in [2.05, 4.69) is 4.90 Å². The highest BCUT2D eigenvalue weighted by Crippen LogP contribution is 2.27. The van der Waals surface area contributed by atoms with Crippen LogP contribution in [0.4, 0.5) is 16.2 Å². The fourth-order valence-electron chi connectivity index (χ4n) is 2.61. The molecule has 0 aliphatic carbocycles. The zero-order valence-electron chi connectivity index (χ0n) is 13.4. The van der Waals surface area contributed by atoms with Crippen molar-refractivity contribution in [2.45, 2.75) is 13.2 Å². The summed E-state index contributed by atoms with van der Waals surface area (Å²) in [4.78, 5) is 15.6. The normalized spacial score (nSPS) is 21.9. The minimum Gasteiger partial charge on any atom is -0.416 e. The molecule has 0 bridgehead atoms. The molecule has 2 fully saturated rings. The molecule has 0 aromatic heterocycles. The second kappa shape index (κ2) is 6.96. The molecule has 9 heteroatoms. The number of amides is 1. The van der Waals surface area contributed by atoms with Crippen LogP contribution in [0.3, 0.4) is 0 Å². The molecule has 0 spiro atoms. The Hall–Kier alpha value is -1.84. The number of hydrogen-bond donors (Lipinski definition) is 0. The molecule has 8 nitrogen and oxygen atoms in total. The van der Waals surface area contributed by atoms with E-state index in [4.69, 9.17) is 13.7 Å². The summed E-state index contributed by atoms with van der Waals surface area (Å²) in [6.45, 7) is 4.41. The van der Waals surface area contributed by atoms with Crippen LogP contribution in [0, 0.1) is 0 Å². The Kier molecular flexibility index (Phi) is 4.93. The van der Waals surface area contributed by atoms with Gasteiger partial charge in [0.1, 0.15) is 0 Å². The maximum Gasteiger partial charge on any atom is 0.416 e. The van der Waals surface area contributed by atoms with Crippen LogP contribution < -0.4 is 9.80 Å². The van der Waals surface area contributed by atoms with Crippen molar-refractivity contribution in [1.29, 1.82) is 0 Å². The highest BCUT2D eigenvalue weighted by molar-refractivity contribution is 7.86. The minimum atomic E-state index is -3.68. The Labute approximate surface area is 141 Å².